The van der Waals surface area contributed by atoms with Crippen molar-refractivity contribution < 1.29 is 9.59 Å². The van der Waals surface area contributed by atoms with Crippen LogP contribution in [0.4, 0.5) is 11.4 Å². The van der Waals surface area contributed by atoms with Gasteiger partial charge in [0.15, 0.2) is 0 Å². The van der Waals surface area contributed by atoms with Gasteiger partial charge in [0.05, 0.1) is 0 Å². The highest BCUT2D eigenvalue weighted by Gasteiger charge is 2.15. The van der Waals surface area contributed by atoms with Crippen LogP contribution in [-0.4, -0.2) is 11.8 Å². The van der Waals surface area contributed by atoms with Crippen molar-refractivity contribution in [2.45, 2.75) is 6.92 Å². The highest BCUT2D eigenvalue weighted by molar-refractivity contribution is 6.44. The van der Waals surface area contributed by atoms with E-state index in [4.69, 9.17) is 11.6 Å². The standard InChI is InChI=1S/C19H15ClN2O2/c1-12-16(20)7-4-8-17(12)22-19(24)18(23)21-15-10-9-13-5-2-3-6-14(13)11-15/h2-11H,1H3,(H,21,23)(H,22,24). The lowest BCUT2D eigenvalue weighted by atomic mass is 10.1. The summed E-state index contributed by atoms with van der Waals surface area (Å²) in [5, 5.41) is 7.76. The second-order valence-corrected chi connectivity index (χ2v) is 5.79. The fraction of sp³-hybridized carbons (Fsp3) is 0.0526. The van der Waals surface area contributed by atoms with E-state index in [0.717, 1.165) is 10.8 Å². The minimum absolute atomic E-state index is 0.515. The Morgan fingerprint density at radius 1 is 0.833 bits per heavy atom. The van der Waals surface area contributed by atoms with Crippen molar-refractivity contribution in [1.29, 1.82) is 0 Å². The summed E-state index contributed by atoms with van der Waals surface area (Å²) < 4.78 is 0. The molecule has 0 fully saturated rings. The molecule has 0 aliphatic carbocycles. The molecule has 0 atom stereocenters. The molecule has 120 valence electrons. The second kappa shape index (κ2) is 6.72. The summed E-state index contributed by atoms with van der Waals surface area (Å²) in [4.78, 5) is 24.2. The van der Waals surface area contributed by atoms with E-state index in [0.29, 0.717) is 22.0 Å². The summed E-state index contributed by atoms with van der Waals surface area (Å²) in [5.41, 5.74) is 1.80. The molecule has 0 unspecified atom stereocenters. The van der Waals surface area contributed by atoms with Crippen LogP contribution >= 0.6 is 11.6 Å². The lowest BCUT2D eigenvalue weighted by molar-refractivity contribution is -0.133. The first kappa shape index (κ1) is 16.0. The van der Waals surface area contributed by atoms with Crippen molar-refractivity contribution in [3.8, 4) is 0 Å². The van der Waals surface area contributed by atoms with Gasteiger partial charge in [0.2, 0.25) is 0 Å². The molecule has 4 nitrogen and oxygen atoms in total. The summed E-state index contributed by atoms with van der Waals surface area (Å²) in [6.07, 6.45) is 0. The smallest absolute Gasteiger partial charge is 0.314 e. The molecular formula is C19H15ClN2O2. The summed E-state index contributed by atoms with van der Waals surface area (Å²) in [7, 11) is 0. The molecule has 0 aliphatic rings. The number of amides is 2. The van der Waals surface area contributed by atoms with Crippen LogP contribution in [-0.2, 0) is 9.59 Å². The van der Waals surface area contributed by atoms with Gasteiger partial charge < -0.3 is 10.6 Å². The van der Waals surface area contributed by atoms with Crippen molar-refractivity contribution in [3.63, 3.8) is 0 Å². The monoisotopic (exact) mass is 338 g/mol. The zero-order valence-electron chi connectivity index (χ0n) is 13.0. The molecule has 0 saturated heterocycles. The Bertz CT molecular complexity index is 938. The molecule has 2 amide bonds. The zero-order chi connectivity index (χ0) is 17.1. The highest BCUT2D eigenvalue weighted by Crippen LogP contribution is 2.23. The average molecular weight is 339 g/mol. The summed E-state index contributed by atoms with van der Waals surface area (Å²) in [6, 6.07) is 18.4. The minimum Gasteiger partial charge on any atom is -0.318 e. The third-order valence-corrected chi connectivity index (χ3v) is 4.14. The normalized spacial score (nSPS) is 10.4. The van der Waals surface area contributed by atoms with Gasteiger partial charge in [-0.05, 0) is 47.5 Å². The van der Waals surface area contributed by atoms with E-state index in [2.05, 4.69) is 10.6 Å². The molecule has 0 radical (unpaired) electrons. The number of carbonyl (C=O) groups excluding carboxylic acids is 2. The molecule has 0 bridgehead atoms. The van der Waals surface area contributed by atoms with Gasteiger partial charge in [-0.3, -0.25) is 9.59 Å². The van der Waals surface area contributed by atoms with Gasteiger partial charge in [0.1, 0.15) is 0 Å². The van der Waals surface area contributed by atoms with Crippen LogP contribution in [0.5, 0.6) is 0 Å². The number of benzene rings is 3. The van der Waals surface area contributed by atoms with E-state index in [1.807, 2.05) is 36.4 Å². The highest BCUT2D eigenvalue weighted by atomic mass is 35.5. The summed E-state index contributed by atoms with van der Waals surface area (Å²) in [6.45, 7) is 1.78. The van der Waals surface area contributed by atoms with Gasteiger partial charge in [0, 0.05) is 16.4 Å². The van der Waals surface area contributed by atoms with E-state index in [1.54, 1.807) is 31.2 Å². The summed E-state index contributed by atoms with van der Waals surface area (Å²) in [5.74, 6) is -1.47. The van der Waals surface area contributed by atoms with Gasteiger partial charge in [-0.2, -0.15) is 0 Å². The first-order valence-electron chi connectivity index (χ1n) is 7.41. The molecule has 24 heavy (non-hydrogen) atoms. The third kappa shape index (κ3) is 3.39. The number of fused-ring (bicyclic) bond motifs is 1. The molecule has 0 spiro atoms. The van der Waals surface area contributed by atoms with E-state index in [9.17, 15) is 9.59 Å². The molecular weight excluding hydrogens is 324 g/mol. The lowest BCUT2D eigenvalue weighted by Gasteiger charge is -2.10. The molecule has 3 aromatic rings. The molecule has 2 N–H and O–H groups in total. The lowest BCUT2D eigenvalue weighted by Crippen LogP contribution is -2.29. The Kier molecular flexibility index (Phi) is 4.49. The maximum absolute atomic E-state index is 12.1. The fourth-order valence-corrected chi connectivity index (χ4v) is 2.55. The van der Waals surface area contributed by atoms with Crippen LogP contribution in [0.3, 0.4) is 0 Å². The molecule has 3 aromatic carbocycles. The van der Waals surface area contributed by atoms with E-state index >= 15 is 0 Å². The predicted octanol–water partition coefficient (Wildman–Crippen LogP) is 4.38. The molecule has 0 aromatic heterocycles. The Labute approximate surface area is 144 Å². The Morgan fingerprint density at radius 3 is 2.33 bits per heavy atom. The molecule has 0 aliphatic heterocycles. The molecule has 3 rings (SSSR count). The maximum Gasteiger partial charge on any atom is 0.314 e. The quantitative estimate of drug-likeness (QED) is 0.681. The van der Waals surface area contributed by atoms with Crippen LogP contribution < -0.4 is 10.6 Å². The Hall–Kier alpha value is -2.85. The van der Waals surface area contributed by atoms with Crippen LogP contribution in [0.1, 0.15) is 5.56 Å². The predicted molar refractivity (Wildman–Crippen MR) is 97.4 cm³/mol. The Balaban J connectivity index is 1.73. The van der Waals surface area contributed by atoms with E-state index in [-0.39, 0.29) is 0 Å². The Morgan fingerprint density at radius 2 is 1.54 bits per heavy atom. The maximum atomic E-state index is 12.1. The average Bonchev–Trinajstić information content (AvgIpc) is 2.58. The molecule has 0 saturated carbocycles. The number of hydrogen-bond donors (Lipinski definition) is 2. The number of nitrogens with one attached hydrogen (secondary N) is 2. The van der Waals surface area contributed by atoms with E-state index < -0.39 is 11.8 Å². The topological polar surface area (TPSA) is 58.2 Å². The van der Waals surface area contributed by atoms with Crippen LogP contribution in [0, 0.1) is 6.92 Å². The number of halogens is 1. The van der Waals surface area contributed by atoms with Crippen molar-refractivity contribution >= 4 is 45.6 Å². The summed E-state index contributed by atoms with van der Waals surface area (Å²) >= 11 is 6.01. The third-order valence-electron chi connectivity index (χ3n) is 3.73. The number of rotatable bonds is 2. The van der Waals surface area contributed by atoms with Gasteiger partial charge in [-0.1, -0.05) is 48.0 Å². The van der Waals surface area contributed by atoms with Crippen LogP contribution in [0.15, 0.2) is 60.7 Å². The zero-order valence-corrected chi connectivity index (χ0v) is 13.7. The first-order valence-corrected chi connectivity index (χ1v) is 7.78. The molecule has 5 heteroatoms. The number of hydrogen-bond acceptors (Lipinski definition) is 2. The minimum atomic E-state index is -0.742. The van der Waals surface area contributed by atoms with E-state index in [1.165, 1.54) is 0 Å². The van der Waals surface area contributed by atoms with Gasteiger partial charge in [-0.15, -0.1) is 0 Å². The first-order chi connectivity index (χ1) is 11.5. The van der Waals surface area contributed by atoms with Crippen LogP contribution in [0.25, 0.3) is 10.8 Å². The largest absolute Gasteiger partial charge is 0.318 e. The van der Waals surface area contributed by atoms with Crippen molar-refractivity contribution in [2.24, 2.45) is 0 Å². The number of anilines is 2. The SMILES string of the molecule is Cc1c(Cl)cccc1NC(=O)C(=O)Nc1ccc2ccccc2c1. The van der Waals surface area contributed by atoms with Crippen molar-refractivity contribution in [1.82, 2.24) is 0 Å². The number of carbonyl (C=O) groups is 2. The second-order valence-electron chi connectivity index (χ2n) is 5.38. The van der Waals surface area contributed by atoms with Gasteiger partial charge in [-0.25, -0.2) is 0 Å². The van der Waals surface area contributed by atoms with Gasteiger partial charge >= 0.3 is 11.8 Å². The molecule has 0 heterocycles. The van der Waals surface area contributed by atoms with Crippen LogP contribution in [0.2, 0.25) is 5.02 Å². The van der Waals surface area contributed by atoms with Gasteiger partial charge in [0.25, 0.3) is 0 Å². The van der Waals surface area contributed by atoms with Crippen molar-refractivity contribution in [2.75, 3.05) is 10.6 Å². The van der Waals surface area contributed by atoms with Crippen molar-refractivity contribution in [3.05, 3.63) is 71.2 Å². The fourth-order valence-electron chi connectivity index (χ4n) is 2.38.